The maximum atomic E-state index is 13.0. The van der Waals surface area contributed by atoms with E-state index in [-0.39, 0.29) is 18.2 Å². The van der Waals surface area contributed by atoms with Crippen molar-refractivity contribution in [3.8, 4) is 0 Å². The zero-order valence-electron chi connectivity index (χ0n) is 13.1. The summed E-state index contributed by atoms with van der Waals surface area (Å²) in [5.74, 6) is -0.166. The third-order valence-corrected chi connectivity index (χ3v) is 3.41. The molecular formula is C15H21F4N3. The van der Waals surface area contributed by atoms with Gasteiger partial charge in [-0.1, -0.05) is 19.9 Å². The van der Waals surface area contributed by atoms with E-state index in [0.717, 1.165) is 12.1 Å². The lowest BCUT2D eigenvalue weighted by Gasteiger charge is -2.21. The highest BCUT2D eigenvalue weighted by Gasteiger charge is 2.33. The maximum Gasteiger partial charge on any atom is 0.416 e. The lowest BCUT2D eigenvalue weighted by atomic mass is 10.1. The quantitative estimate of drug-likeness (QED) is 0.506. The molecule has 22 heavy (non-hydrogen) atoms. The van der Waals surface area contributed by atoms with Crippen molar-refractivity contribution in [2.75, 3.05) is 7.05 Å². The monoisotopic (exact) mass is 319 g/mol. The first-order valence-corrected chi connectivity index (χ1v) is 6.98. The molecule has 0 aliphatic heterocycles. The summed E-state index contributed by atoms with van der Waals surface area (Å²) in [7, 11) is 1.54. The third-order valence-electron chi connectivity index (χ3n) is 3.41. The van der Waals surface area contributed by atoms with Crippen LogP contribution in [0.3, 0.4) is 0 Å². The first kappa shape index (κ1) is 18.3. The highest BCUT2D eigenvalue weighted by atomic mass is 19.4. The zero-order chi connectivity index (χ0) is 16.9. The number of nitrogens with one attached hydrogen (secondary N) is 2. The van der Waals surface area contributed by atoms with E-state index in [0.29, 0.717) is 17.9 Å². The molecule has 7 heteroatoms. The summed E-state index contributed by atoms with van der Waals surface area (Å²) >= 11 is 0. The molecule has 3 nitrogen and oxygen atoms in total. The molecule has 2 N–H and O–H groups in total. The van der Waals surface area contributed by atoms with Crippen molar-refractivity contribution in [1.82, 2.24) is 10.6 Å². The van der Waals surface area contributed by atoms with Gasteiger partial charge in [0.25, 0.3) is 0 Å². The summed E-state index contributed by atoms with van der Waals surface area (Å²) in [6.07, 6.45) is -4.60. The number of rotatable bonds is 4. The Balaban J connectivity index is 2.83. The molecule has 0 radical (unpaired) electrons. The molecule has 0 saturated heterocycles. The standard InChI is InChI=1S/C15H21F4N3/c1-9(2)10(3)22-14(20-4)21-8-11-5-6-12(16)7-13(11)15(17,18)19/h5-7,9-10H,8H2,1-4H3,(H2,20,21,22). The lowest BCUT2D eigenvalue weighted by Crippen LogP contribution is -2.44. The second-order valence-electron chi connectivity index (χ2n) is 5.40. The van der Waals surface area contributed by atoms with Gasteiger partial charge in [-0.25, -0.2) is 4.39 Å². The fraction of sp³-hybridized carbons (Fsp3) is 0.533. The van der Waals surface area contributed by atoms with Crippen LogP contribution < -0.4 is 10.6 Å². The summed E-state index contributed by atoms with van der Waals surface area (Å²) in [5.41, 5.74) is -1.01. The minimum Gasteiger partial charge on any atom is -0.354 e. The predicted octanol–water partition coefficient (Wildman–Crippen LogP) is 3.55. The third kappa shape index (κ3) is 5.20. The van der Waals surface area contributed by atoms with Crippen LogP contribution in [-0.2, 0) is 12.7 Å². The van der Waals surface area contributed by atoms with Gasteiger partial charge in [0.05, 0.1) is 5.56 Å². The molecule has 124 valence electrons. The van der Waals surface area contributed by atoms with Gasteiger partial charge in [-0.05, 0) is 30.5 Å². The van der Waals surface area contributed by atoms with Crippen molar-refractivity contribution in [3.05, 3.63) is 35.1 Å². The van der Waals surface area contributed by atoms with Crippen molar-refractivity contribution in [1.29, 1.82) is 0 Å². The van der Waals surface area contributed by atoms with E-state index in [2.05, 4.69) is 15.6 Å². The van der Waals surface area contributed by atoms with Gasteiger partial charge in [-0.2, -0.15) is 13.2 Å². The van der Waals surface area contributed by atoms with Gasteiger partial charge in [-0.3, -0.25) is 4.99 Å². The van der Waals surface area contributed by atoms with Crippen molar-refractivity contribution in [3.63, 3.8) is 0 Å². The minimum absolute atomic E-state index is 0.0333. The molecule has 1 unspecified atom stereocenters. The minimum atomic E-state index is -4.60. The Bertz CT molecular complexity index is 524. The molecule has 0 heterocycles. The van der Waals surface area contributed by atoms with Crippen LogP contribution in [0.1, 0.15) is 31.9 Å². The van der Waals surface area contributed by atoms with E-state index in [1.807, 2.05) is 20.8 Å². The number of alkyl halides is 3. The average molecular weight is 319 g/mol. The van der Waals surface area contributed by atoms with E-state index in [4.69, 9.17) is 0 Å². The van der Waals surface area contributed by atoms with E-state index in [9.17, 15) is 17.6 Å². The highest BCUT2D eigenvalue weighted by Crippen LogP contribution is 2.32. The summed E-state index contributed by atoms with van der Waals surface area (Å²) < 4.78 is 51.8. The Labute approximate surface area is 127 Å². The first-order chi connectivity index (χ1) is 10.1. The van der Waals surface area contributed by atoms with Crippen LogP contribution in [0.5, 0.6) is 0 Å². The van der Waals surface area contributed by atoms with Crippen LogP contribution in [0.15, 0.2) is 23.2 Å². The summed E-state index contributed by atoms with van der Waals surface area (Å²) in [6, 6.07) is 2.76. The lowest BCUT2D eigenvalue weighted by molar-refractivity contribution is -0.138. The molecule has 1 aromatic carbocycles. The number of hydrogen-bond acceptors (Lipinski definition) is 1. The Morgan fingerprint density at radius 3 is 2.36 bits per heavy atom. The van der Waals surface area contributed by atoms with Crippen LogP contribution in [0.2, 0.25) is 0 Å². The number of hydrogen-bond donors (Lipinski definition) is 2. The highest BCUT2D eigenvalue weighted by molar-refractivity contribution is 5.79. The molecule has 1 aromatic rings. The van der Waals surface area contributed by atoms with Crippen LogP contribution in [0.25, 0.3) is 0 Å². The largest absolute Gasteiger partial charge is 0.416 e. The van der Waals surface area contributed by atoms with E-state index >= 15 is 0 Å². The second kappa shape index (κ2) is 7.47. The Morgan fingerprint density at radius 2 is 1.86 bits per heavy atom. The first-order valence-electron chi connectivity index (χ1n) is 6.98. The average Bonchev–Trinajstić information content (AvgIpc) is 2.42. The molecular weight excluding hydrogens is 298 g/mol. The van der Waals surface area contributed by atoms with Gasteiger partial charge in [-0.15, -0.1) is 0 Å². The Morgan fingerprint density at radius 1 is 1.23 bits per heavy atom. The number of guanidine groups is 1. The number of benzene rings is 1. The van der Waals surface area contributed by atoms with E-state index in [1.54, 1.807) is 0 Å². The zero-order valence-corrected chi connectivity index (χ0v) is 13.1. The van der Waals surface area contributed by atoms with Crippen LogP contribution in [0.4, 0.5) is 17.6 Å². The van der Waals surface area contributed by atoms with Crippen molar-refractivity contribution < 1.29 is 17.6 Å². The van der Waals surface area contributed by atoms with E-state index in [1.165, 1.54) is 7.05 Å². The van der Waals surface area contributed by atoms with Crippen LogP contribution in [-0.4, -0.2) is 19.0 Å². The molecule has 0 amide bonds. The molecule has 0 spiro atoms. The fourth-order valence-electron chi connectivity index (χ4n) is 1.72. The van der Waals surface area contributed by atoms with Crippen molar-refractivity contribution in [2.45, 2.75) is 39.5 Å². The van der Waals surface area contributed by atoms with Gasteiger partial charge >= 0.3 is 6.18 Å². The normalized spacial score (nSPS) is 14.1. The number of nitrogens with zero attached hydrogens (tertiary/aromatic N) is 1. The second-order valence-corrected chi connectivity index (χ2v) is 5.40. The topological polar surface area (TPSA) is 36.4 Å². The fourth-order valence-corrected chi connectivity index (χ4v) is 1.72. The molecule has 0 aromatic heterocycles. The molecule has 1 atom stereocenters. The van der Waals surface area contributed by atoms with Gasteiger partial charge in [0.2, 0.25) is 0 Å². The van der Waals surface area contributed by atoms with Gasteiger partial charge in [0.15, 0.2) is 5.96 Å². The molecule has 1 rings (SSSR count). The number of halogens is 4. The molecule has 0 aliphatic rings. The summed E-state index contributed by atoms with van der Waals surface area (Å²) in [5, 5.41) is 5.91. The van der Waals surface area contributed by atoms with Gasteiger partial charge in [0.1, 0.15) is 5.82 Å². The van der Waals surface area contributed by atoms with Crippen molar-refractivity contribution >= 4 is 5.96 Å². The van der Waals surface area contributed by atoms with Crippen LogP contribution in [0, 0.1) is 11.7 Å². The smallest absolute Gasteiger partial charge is 0.354 e. The van der Waals surface area contributed by atoms with Crippen molar-refractivity contribution in [2.24, 2.45) is 10.9 Å². The number of aliphatic imine (C=N–C) groups is 1. The summed E-state index contributed by atoms with van der Waals surface area (Å²) in [4.78, 5) is 3.97. The molecule has 0 fully saturated rings. The Kier molecular flexibility index (Phi) is 6.20. The molecule has 0 saturated carbocycles. The molecule has 0 bridgehead atoms. The van der Waals surface area contributed by atoms with Gasteiger partial charge < -0.3 is 10.6 Å². The maximum absolute atomic E-state index is 13.0. The molecule has 0 aliphatic carbocycles. The predicted molar refractivity (Wildman–Crippen MR) is 79.0 cm³/mol. The summed E-state index contributed by atoms with van der Waals surface area (Å²) in [6.45, 7) is 5.90. The Hall–Kier alpha value is -1.79. The SMILES string of the molecule is CN=C(NCc1ccc(F)cc1C(F)(F)F)NC(C)C(C)C. The van der Waals surface area contributed by atoms with Gasteiger partial charge in [0, 0.05) is 19.6 Å². The van der Waals surface area contributed by atoms with E-state index < -0.39 is 17.6 Å². The van der Waals surface area contributed by atoms with Crippen LogP contribution >= 0.6 is 0 Å².